The van der Waals surface area contributed by atoms with Gasteiger partial charge in [0.1, 0.15) is 11.9 Å². The van der Waals surface area contributed by atoms with Crippen molar-refractivity contribution in [3.05, 3.63) is 47.0 Å². The molecule has 0 spiro atoms. The zero-order valence-corrected chi connectivity index (χ0v) is 23.5. The standard InChI is InChI=1S/C27H34N6O3S2/c1-3-24(34)36-21-8-12-33(13-9-21)23-16-22(30-26(31-23)32-27-29-18(2)17-37-27)19-4-6-20(7-5-19)25(35)38-14-10-28-11-15-38/h4-7,16-17,21,28,38H,3,8-15H2,1-2H3,(H,29,30,31,32). The summed E-state index contributed by atoms with van der Waals surface area (Å²) >= 11 is 1.51. The quantitative estimate of drug-likeness (QED) is 0.291. The monoisotopic (exact) mass is 554 g/mol. The molecule has 2 aliphatic heterocycles. The molecule has 3 aromatic rings. The molecule has 11 heteroatoms. The van der Waals surface area contributed by atoms with Gasteiger partial charge in [-0.05, 0) is 30.6 Å². The van der Waals surface area contributed by atoms with Crippen LogP contribution in [0.25, 0.3) is 11.3 Å². The number of thiol groups is 1. The summed E-state index contributed by atoms with van der Waals surface area (Å²) in [6, 6.07) is 9.79. The minimum atomic E-state index is -0.610. The van der Waals surface area contributed by atoms with Crippen LogP contribution in [0.3, 0.4) is 0 Å². The van der Waals surface area contributed by atoms with Crippen molar-refractivity contribution in [2.24, 2.45) is 0 Å². The number of aryl methyl sites for hydroxylation is 1. The maximum absolute atomic E-state index is 13.0. The number of aromatic nitrogens is 3. The van der Waals surface area contributed by atoms with Gasteiger partial charge < -0.3 is 15.0 Å². The highest BCUT2D eigenvalue weighted by atomic mass is 32.2. The van der Waals surface area contributed by atoms with E-state index in [-0.39, 0.29) is 17.2 Å². The van der Waals surface area contributed by atoms with E-state index in [1.165, 1.54) is 11.3 Å². The van der Waals surface area contributed by atoms with Gasteiger partial charge in [0.2, 0.25) is 5.95 Å². The van der Waals surface area contributed by atoms with Crippen LogP contribution < -0.4 is 15.5 Å². The van der Waals surface area contributed by atoms with E-state index in [4.69, 9.17) is 14.7 Å². The van der Waals surface area contributed by atoms with Gasteiger partial charge in [-0.1, -0.05) is 19.1 Å². The Labute approximate surface area is 229 Å². The number of benzene rings is 1. The van der Waals surface area contributed by atoms with Crippen LogP contribution in [0.4, 0.5) is 16.9 Å². The lowest BCUT2D eigenvalue weighted by Crippen LogP contribution is -2.38. The van der Waals surface area contributed by atoms with Gasteiger partial charge in [-0.3, -0.25) is 14.9 Å². The summed E-state index contributed by atoms with van der Waals surface area (Å²) in [4.78, 5) is 41.0. The molecule has 2 saturated heterocycles. The van der Waals surface area contributed by atoms with E-state index in [0.717, 1.165) is 84.0 Å². The molecule has 5 rings (SSSR count). The Morgan fingerprint density at radius 2 is 1.87 bits per heavy atom. The van der Waals surface area contributed by atoms with E-state index in [2.05, 4.69) is 20.5 Å². The second kappa shape index (κ2) is 12.2. The fourth-order valence-corrected chi connectivity index (χ4v) is 7.30. The van der Waals surface area contributed by atoms with Crippen molar-refractivity contribution in [2.75, 3.05) is 47.9 Å². The molecule has 0 amide bonds. The Balaban J connectivity index is 1.37. The summed E-state index contributed by atoms with van der Waals surface area (Å²) < 4.78 is 5.55. The normalized spacial score (nSPS) is 17.3. The molecule has 2 aliphatic rings. The SMILES string of the molecule is CCC(=O)OC1CCN(c2cc(-c3ccc(C(=O)[SH]4CCNCC4)cc3)nc(Nc3nc(C)cs3)n2)CC1. The van der Waals surface area contributed by atoms with Gasteiger partial charge in [-0.25, -0.2) is 9.97 Å². The largest absolute Gasteiger partial charge is 0.462 e. The number of anilines is 3. The number of piperidine rings is 1. The Kier molecular flexibility index (Phi) is 8.55. The molecule has 2 fully saturated rings. The number of rotatable bonds is 7. The third kappa shape index (κ3) is 6.51. The number of thiazole rings is 1. The van der Waals surface area contributed by atoms with Crippen molar-refractivity contribution in [3.8, 4) is 11.3 Å². The molecule has 1 aromatic carbocycles. The van der Waals surface area contributed by atoms with E-state index in [1.807, 2.05) is 49.6 Å². The molecule has 2 N–H and O–H groups in total. The molecule has 9 nitrogen and oxygen atoms in total. The zero-order chi connectivity index (χ0) is 26.5. The van der Waals surface area contributed by atoms with E-state index in [1.54, 1.807) is 0 Å². The van der Waals surface area contributed by atoms with Gasteiger partial charge in [-0.15, -0.1) is 11.3 Å². The number of esters is 1. The minimum absolute atomic E-state index is 0.0532. The highest BCUT2D eigenvalue weighted by Crippen LogP contribution is 2.33. The first-order chi connectivity index (χ1) is 18.5. The van der Waals surface area contributed by atoms with Crippen LogP contribution in [0.15, 0.2) is 35.7 Å². The fraction of sp³-hybridized carbons (Fsp3) is 0.444. The van der Waals surface area contributed by atoms with Crippen molar-refractivity contribution < 1.29 is 14.3 Å². The number of ether oxygens (including phenoxy) is 1. The van der Waals surface area contributed by atoms with Crippen LogP contribution in [0.5, 0.6) is 0 Å². The summed E-state index contributed by atoms with van der Waals surface area (Å²) in [5.41, 5.74) is 3.41. The zero-order valence-electron chi connectivity index (χ0n) is 21.8. The predicted molar refractivity (Wildman–Crippen MR) is 155 cm³/mol. The second-order valence-electron chi connectivity index (χ2n) is 9.50. The highest BCUT2D eigenvalue weighted by molar-refractivity contribution is 8.30. The van der Waals surface area contributed by atoms with Gasteiger partial charge in [-0.2, -0.15) is 15.9 Å². The average Bonchev–Trinajstić information content (AvgIpc) is 3.37. The van der Waals surface area contributed by atoms with Crippen LogP contribution in [0, 0.1) is 6.92 Å². The maximum Gasteiger partial charge on any atom is 0.305 e. The number of carbonyl (C=O) groups excluding carboxylic acids is 2. The summed E-state index contributed by atoms with van der Waals surface area (Å²) in [5.74, 6) is 3.03. The second-order valence-corrected chi connectivity index (χ2v) is 12.7. The third-order valence-electron chi connectivity index (χ3n) is 6.73. The van der Waals surface area contributed by atoms with Crippen LogP contribution in [0.2, 0.25) is 0 Å². The molecule has 0 bridgehead atoms. The molecule has 0 atom stereocenters. The van der Waals surface area contributed by atoms with E-state index < -0.39 is 10.9 Å². The first-order valence-electron chi connectivity index (χ1n) is 13.1. The smallest absolute Gasteiger partial charge is 0.305 e. The van der Waals surface area contributed by atoms with Gasteiger partial charge >= 0.3 is 5.97 Å². The summed E-state index contributed by atoms with van der Waals surface area (Å²) in [6.07, 6.45) is 1.86. The third-order valence-corrected chi connectivity index (χ3v) is 9.97. The van der Waals surface area contributed by atoms with E-state index in [0.29, 0.717) is 12.4 Å². The summed E-state index contributed by atoms with van der Waals surface area (Å²) in [6.45, 7) is 7.08. The maximum atomic E-state index is 13.0. The topological polar surface area (TPSA) is 109 Å². The first-order valence-corrected chi connectivity index (χ1v) is 15.7. The molecule has 38 heavy (non-hydrogen) atoms. The average molecular weight is 555 g/mol. The highest BCUT2D eigenvalue weighted by Gasteiger charge is 2.24. The lowest BCUT2D eigenvalue weighted by molar-refractivity contribution is -0.149. The molecule has 0 unspecified atom stereocenters. The van der Waals surface area contributed by atoms with Crippen LogP contribution in [-0.4, -0.2) is 69.8 Å². The molecule has 202 valence electrons. The number of hydrogen-bond acceptors (Lipinski definition) is 10. The first kappa shape index (κ1) is 26.6. The van der Waals surface area contributed by atoms with E-state index >= 15 is 0 Å². The lowest BCUT2D eigenvalue weighted by Gasteiger charge is -2.32. The van der Waals surface area contributed by atoms with Crippen molar-refractivity contribution in [2.45, 2.75) is 39.2 Å². The van der Waals surface area contributed by atoms with Crippen LogP contribution in [-0.2, 0) is 9.53 Å². The number of nitrogens with zero attached hydrogens (tertiary/aromatic N) is 4. The number of hydrogen-bond donors (Lipinski definition) is 3. The molecule has 4 heterocycles. The van der Waals surface area contributed by atoms with Gasteiger partial charge in [0.15, 0.2) is 10.2 Å². The molecule has 2 aromatic heterocycles. The molecule has 0 radical (unpaired) electrons. The van der Waals surface area contributed by atoms with Crippen molar-refractivity contribution in [1.82, 2.24) is 20.3 Å². The van der Waals surface area contributed by atoms with Crippen molar-refractivity contribution >= 4 is 50.2 Å². The van der Waals surface area contributed by atoms with Crippen LogP contribution >= 0.6 is 22.2 Å². The van der Waals surface area contributed by atoms with E-state index in [9.17, 15) is 9.59 Å². The Morgan fingerprint density at radius 3 is 2.53 bits per heavy atom. The Morgan fingerprint density at radius 1 is 1.13 bits per heavy atom. The Bertz CT molecular complexity index is 1270. The minimum Gasteiger partial charge on any atom is -0.462 e. The predicted octanol–water partition coefficient (Wildman–Crippen LogP) is 4.32. The molecule has 0 saturated carbocycles. The molecular formula is C27H34N6O3S2. The van der Waals surface area contributed by atoms with Gasteiger partial charge in [0.05, 0.1) is 11.4 Å². The number of nitrogens with one attached hydrogen (secondary N) is 2. The van der Waals surface area contributed by atoms with Gasteiger partial charge in [0.25, 0.3) is 0 Å². The fourth-order valence-electron chi connectivity index (χ4n) is 4.61. The molecule has 0 aliphatic carbocycles. The van der Waals surface area contributed by atoms with Crippen LogP contribution in [0.1, 0.15) is 42.2 Å². The Hall–Kier alpha value is -3.02. The molecular weight excluding hydrogens is 520 g/mol. The lowest BCUT2D eigenvalue weighted by atomic mass is 10.1. The van der Waals surface area contributed by atoms with Crippen molar-refractivity contribution in [1.29, 1.82) is 0 Å². The van der Waals surface area contributed by atoms with Gasteiger partial charge in [0, 0.05) is 68.0 Å². The summed E-state index contributed by atoms with van der Waals surface area (Å²) in [5, 5.41) is 9.60. The number of carbonyl (C=O) groups is 2. The summed E-state index contributed by atoms with van der Waals surface area (Å²) in [7, 11) is -0.610. The van der Waals surface area contributed by atoms with Crippen molar-refractivity contribution in [3.63, 3.8) is 0 Å².